The normalized spacial score (nSPS) is 16.5. The minimum atomic E-state index is -4.35. The van der Waals surface area contributed by atoms with Crippen molar-refractivity contribution in [3.63, 3.8) is 0 Å². The van der Waals surface area contributed by atoms with Gasteiger partial charge in [-0.25, -0.2) is 11.1 Å². The van der Waals surface area contributed by atoms with Crippen LogP contribution in [0.4, 0.5) is 11.4 Å². The van der Waals surface area contributed by atoms with E-state index in [-0.39, 0.29) is 16.7 Å². The first kappa shape index (κ1) is 50.0. The number of anilines is 1. The van der Waals surface area contributed by atoms with E-state index < -0.39 is 20.9 Å². The summed E-state index contributed by atoms with van der Waals surface area (Å²) in [4.78, 5) is 29.2. The molecule has 0 unspecified atom stereocenters. The Hall–Kier alpha value is -3.65. The number of carbonyl (C=O) groups excluding carboxylic acids is 2. The zero-order valence-corrected chi connectivity index (χ0v) is 39.0. The highest BCUT2D eigenvalue weighted by Gasteiger charge is 2.45. The van der Waals surface area contributed by atoms with Gasteiger partial charge in [-0.1, -0.05) is 25.0 Å². The molecule has 0 radical (unpaired) electrons. The molecule has 6 N–H and O–H groups in total. The monoisotopic (exact) mass is 887 g/mol. The lowest BCUT2D eigenvalue weighted by Gasteiger charge is -2.30. The highest BCUT2D eigenvalue weighted by molar-refractivity contribution is 7.94. The van der Waals surface area contributed by atoms with E-state index in [9.17, 15) is 22.6 Å². The second-order valence-corrected chi connectivity index (χ2v) is 19.9. The quantitative estimate of drug-likeness (QED) is 0.00873. The first-order valence-electron chi connectivity index (χ1n) is 21.3. The number of amides is 2. The van der Waals surface area contributed by atoms with Crippen molar-refractivity contribution in [1.29, 1.82) is 0 Å². The SMILES string of the molecule is CCN1C(=CC=CC2=[N+](CCCCCC(=O)NCCC[N+](C)(C)CCCN(C)CCCC(=O)NN)c3ccc(SOOO)cc3C2(C)C)C(C)(C)c2cc(S(=O)(=O)O)ccc21. The predicted molar refractivity (Wildman–Crippen MR) is 241 cm³/mol. The predicted octanol–water partition coefficient (Wildman–Crippen LogP) is 6.23. The third kappa shape index (κ3) is 13.4. The van der Waals surface area contributed by atoms with Gasteiger partial charge in [-0.3, -0.25) is 19.6 Å². The molecular formula is C44H69N7O8S2+2. The molecule has 15 nitrogen and oxygen atoms in total. The Bertz CT molecular complexity index is 2050. The van der Waals surface area contributed by atoms with Crippen LogP contribution in [0.25, 0.3) is 0 Å². The molecule has 4 rings (SSSR count). The fourth-order valence-corrected chi connectivity index (χ4v) is 9.42. The van der Waals surface area contributed by atoms with Crippen molar-refractivity contribution in [3.8, 4) is 0 Å². The Morgan fingerprint density at radius 2 is 1.66 bits per heavy atom. The molecule has 0 fully saturated rings. The lowest BCUT2D eigenvalue weighted by molar-refractivity contribution is -0.890. The Balaban J connectivity index is 1.35. The molecule has 0 atom stereocenters. The van der Waals surface area contributed by atoms with E-state index in [0.29, 0.717) is 25.9 Å². The van der Waals surface area contributed by atoms with Gasteiger partial charge in [0.15, 0.2) is 5.71 Å². The van der Waals surface area contributed by atoms with Gasteiger partial charge in [-0.05, 0) is 95.6 Å². The number of allylic oxidation sites excluding steroid dienone is 4. The van der Waals surface area contributed by atoms with Gasteiger partial charge >= 0.3 is 0 Å². The van der Waals surface area contributed by atoms with E-state index in [1.165, 1.54) is 6.07 Å². The lowest BCUT2D eigenvalue weighted by atomic mass is 9.81. The number of benzene rings is 2. The number of unbranched alkanes of at least 4 members (excludes halogenated alkanes) is 2. The highest BCUT2D eigenvalue weighted by Crippen LogP contribution is 2.48. The molecule has 2 aliphatic heterocycles. The van der Waals surface area contributed by atoms with Crippen LogP contribution in [0.3, 0.4) is 0 Å². The average Bonchev–Trinajstić information content (AvgIpc) is 3.55. The fraction of sp³-hybridized carbons (Fsp3) is 0.568. The van der Waals surface area contributed by atoms with Gasteiger partial charge < -0.3 is 19.6 Å². The largest absolute Gasteiger partial charge is 0.356 e. The van der Waals surface area contributed by atoms with Gasteiger partial charge in [0, 0.05) is 91.1 Å². The topological polar surface area (TPSA) is 187 Å². The van der Waals surface area contributed by atoms with Crippen LogP contribution in [0.2, 0.25) is 0 Å². The molecule has 17 heteroatoms. The van der Waals surface area contributed by atoms with Crippen molar-refractivity contribution < 1.29 is 46.2 Å². The van der Waals surface area contributed by atoms with E-state index in [2.05, 4.69) is 110 Å². The van der Waals surface area contributed by atoms with Gasteiger partial charge in [-0.2, -0.15) is 13.0 Å². The van der Waals surface area contributed by atoms with Gasteiger partial charge in [0.1, 0.15) is 6.54 Å². The van der Waals surface area contributed by atoms with E-state index in [1.807, 2.05) is 12.1 Å². The Kier molecular flexibility index (Phi) is 18.1. The first-order chi connectivity index (χ1) is 28.8. The third-order valence-electron chi connectivity index (χ3n) is 12.0. The number of hydrogen-bond acceptors (Lipinski definition) is 11. The number of rotatable bonds is 25. The van der Waals surface area contributed by atoms with Crippen molar-refractivity contribution in [1.82, 2.24) is 15.6 Å². The summed E-state index contributed by atoms with van der Waals surface area (Å²) in [6, 6.07) is 10.8. The van der Waals surface area contributed by atoms with Crippen LogP contribution in [-0.4, -0.2) is 117 Å². The molecule has 0 aromatic heterocycles. The second kappa shape index (κ2) is 22.1. The summed E-state index contributed by atoms with van der Waals surface area (Å²) >= 11 is 0.926. The molecule has 2 aromatic carbocycles. The van der Waals surface area contributed by atoms with Gasteiger partial charge in [0.2, 0.25) is 17.5 Å². The fourth-order valence-electron chi connectivity index (χ4n) is 8.52. The van der Waals surface area contributed by atoms with Gasteiger partial charge in [-0.15, -0.1) is 4.33 Å². The van der Waals surface area contributed by atoms with Crippen LogP contribution in [0.15, 0.2) is 70.1 Å². The number of likely N-dealkylation sites (N-methyl/N-ethyl adjacent to an activating group) is 1. The molecule has 0 spiro atoms. The Morgan fingerprint density at radius 1 is 0.951 bits per heavy atom. The summed E-state index contributed by atoms with van der Waals surface area (Å²) < 4.78 is 41.7. The van der Waals surface area contributed by atoms with Crippen molar-refractivity contribution >= 4 is 51.1 Å². The zero-order valence-electron chi connectivity index (χ0n) is 37.3. The van der Waals surface area contributed by atoms with E-state index in [0.717, 1.165) is 127 Å². The molecular weight excluding hydrogens is 819 g/mol. The maximum atomic E-state index is 12.8. The number of nitrogens with zero attached hydrogens (tertiary/aromatic N) is 4. The van der Waals surface area contributed by atoms with E-state index >= 15 is 0 Å². The number of hydrazine groups is 1. The number of nitrogens with two attached hydrogens (primary N) is 1. The Morgan fingerprint density at radius 3 is 2.34 bits per heavy atom. The molecule has 0 aliphatic carbocycles. The average molecular weight is 888 g/mol. The molecule has 2 heterocycles. The van der Waals surface area contributed by atoms with Crippen molar-refractivity contribution in [3.05, 3.63) is 71.5 Å². The minimum Gasteiger partial charge on any atom is -0.356 e. The summed E-state index contributed by atoms with van der Waals surface area (Å²) in [7, 11) is 2.18. The second-order valence-electron chi connectivity index (χ2n) is 17.7. The molecule has 0 saturated heterocycles. The number of nitrogens with one attached hydrogen (secondary N) is 2. The molecule has 61 heavy (non-hydrogen) atoms. The molecule has 2 amide bonds. The van der Waals surface area contributed by atoms with Crippen molar-refractivity contribution in [2.45, 2.75) is 107 Å². The van der Waals surface area contributed by atoms with Crippen LogP contribution in [-0.2, 0) is 39.9 Å². The van der Waals surface area contributed by atoms with Crippen LogP contribution in [0.1, 0.15) is 97.1 Å². The molecule has 0 saturated carbocycles. The summed E-state index contributed by atoms with van der Waals surface area (Å²) in [5.74, 6) is 5.10. The lowest BCUT2D eigenvalue weighted by Crippen LogP contribution is -2.43. The standard InChI is InChI=1S/C44H67N7O8S2/c1-9-49-37-24-22-34(61(55,56)57)32-36(37)44(4,5)39(49)17-13-18-40-43(2,3)35-31-33(60-59-58-54)21-23-38(35)50(40)28-12-10-11-19-41(52)46-25-15-29-51(7,8)30-16-27-48(6)26-14-20-42(53)47-45/h13,17-18,21-24,31-32H,9-12,14-16,19-20,25-30,45H2,1-8H3,(H2-2,46,47,52,53,54,55,56,57)/p+2. The van der Waals surface area contributed by atoms with Crippen LogP contribution >= 0.6 is 12.0 Å². The number of carbonyl (C=O) groups is 2. The first-order valence-corrected chi connectivity index (χ1v) is 23.4. The third-order valence-corrected chi connectivity index (χ3v) is 13.4. The highest BCUT2D eigenvalue weighted by atomic mass is 32.2. The zero-order chi connectivity index (χ0) is 45.0. The summed E-state index contributed by atoms with van der Waals surface area (Å²) in [6.07, 6.45) is 12.5. The van der Waals surface area contributed by atoms with Crippen molar-refractivity contribution in [2.75, 3.05) is 71.9 Å². The summed E-state index contributed by atoms with van der Waals surface area (Å²) in [5, 5.41) is 15.7. The van der Waals surface area contributed by atoms with E-state index in [4.69, 9.17) is 15.4 Å². The maximum Gasteiger partial charge on any atom is 0.294 e. The van der Waals surface area contributed by atoms with E-state index in [1.54, 1.807) is 12.1 Å². The van der Waals surface area contributed by atoms with Crippen molar-refractivity contribution in [2.24, 2.45) is 5.84 Å². The van der Waals surface area contributed by atoms with Gasteiger partial charge in [0.25, 0.3) is 10.1 Å². The van der Waals surface area contributed by atoms with Crippen LogP contribution < -0.4 is 21.5 Å². The summed E-state index contributed by atoms with van der Waals surface area (Å²) in [5.41, 5.74) is 7.30. The number of hydrogen-bond donors (Lipinski definition) is 5. The van der Waals surface area contributed by atoms with Crippen LogP contribution in [0, 0.1) is 0 Å². The summed E-state index contributed by atoms with van der Waals surface area (Å²) in [6.45, 7) is 16.5. The number of quaternary nitrogens is 1. The minimum absolute atomic E-state index is 0.0811. The van der Waals surface area contributed by atoms with Crippen LogP contribution in [0.5, 0.6) is 0 Å². The smallest absolute Gasteiger partial charge is 0.294 e. The molecule has 2 aromatic rings. The molecule has 2 aliphatic rings. The molecule has 0 bridgehead atoms. The maximum absolute atomic E-state index is 12.8. The Labute approximate surface area is 367 Å². The number of fused-ring (bicyclic) bond motifs is 2. The molecule has 338 valence electrons. The van der Waals surface area contributed by atoms with Gasteiger partial charge in [0.05, 0.1) is 49.5 Å².